The number of phenolic OH excluding ortho intramolecular Hbond substituents is 1. The van der Waals surface area contributed by atoms with E-state index >= 15 is 0 Å². The molecule has 7 heteroatoms. The Bertz CT molecular complexity index is 850. The van der Waals surface area contributed by atoms with Gasteiger partial charge in [0.25, 0.3) is 5.91 Å². The van der Waals surface area contributed by atoms with Crippen molar-refractivity contribution >= 4 is 11.9 Å². The molecule has 0 aromatic heterocycles. The maximum atomic E-state index is 12.1. The van der Waals surface area contributed by atoms with Crippen LogP contribution in [-0.4, -0.2) is 63.2 Å². The zero-order chi connectivity index (χ0) is 21.2. The van der Waals surface area contributed by atoms with Crippen LogP contribution in [0.3, 0.4) is 0 Å². The van der Waals surface area contributed by atoms with Gasteiger partial charge in [0.2, 0.25) is 0 Å². The first-order valence-electron chi connectivity index (χ1n) is 9.55. The van der Waals surface area contributed by atoms with Crippen molar-refractivity contribution in [2.75, 3.05) is 41.3 Å². The van der Waals surface area contributed by atoms with Crippen LogP contribution in [0.15, 0.2) is 47.5 Å². The number of hydrogen-bond donors (Lipinski definition) is 3. The van der Waals surface area contributed by atoms with E-state index in [1.165, 1.54) is 0 Å². The van der Waals surface area contributed by atoms with Crippen molar-refractivity contribution in [1.82, 2.24) is 15.5 Å². The monoisotopic (exact) mass is 398 g/mol. The molecule has 29 heavy (non-hydrogen) atoms. The molecule has 2 aromatic rings. The van der Waals surface area contributed by atoms with E-state index in [4.69, 9.17) is 4.74 Å². The fraction of sp³-hybridized carbons (Fsp3) is 0.364. The van der Waals surface area contributed by atoms with Crippen molar-refractivity contribution in [3.63, 3.8) is 0 Å². The largest absolute Gasteiger partial charge is 0.508 e. The van der Waals surface area contributed by atoms with E-state index in [2.05, 4.69) is 15.6 Å². The number of aromatic hydroxyl groups is 1. The predicted octanol–water partition coefficient (Wildman–Crippen LogP) is 2.05. The van der Waals surface area contributed by atoms with Gasteiger partial charge in [0.15, 0.2) is 5.96 Å². The number of ether oxygens (including phenoxy) is 1. The molecule has 3 N–H and O–H groups in total. The standard InChI is InChI=1S/C22H30N4O3/c1-23-22(25-13-11-17-8-9-19(29-4)15-20(17)27)24-12-10-16-6-5-7-18(14-16)21(28)26(2)3/h5-9,14-15,27H,10-13H2,1-4H3,(H2,23,24,25). The number of hydrogen-bond acceptors (Lipinski definition) is 4. The molecule has 0 spiro atoms. The summed E-state index contributed by atoms with van der Waals surface area (Å²) in [4.78, 5) is 17.9. The molecular formula is C22H30N4O3. The number of nitrogens with one attached hydrogen (secondary N) is 2. The number of guanidine groups is 1. The van der Waals surface area contributed by atoms with E-state index in [9.17, 15) is 9.90 Å². The summed E-state index contributed by atoms with van der Waals surface area (Å²) in [5, 5.41) is 16.5. The van der Waals surface area contributed by atoms with E-state index < -0.39 is 0 Å². The van der Waals surface area contributed by atoms with E-state index in [-0.39, 0.29) is 11.7 Å². The first-order valence-corrected chi connectivity index (χ1v) is 9.55. The molecule has 0 bridgehead atoms. The zero-order valence-electron chi connectivity index (χ0n) is 17.5. The van der Waals surface area contributed by atoms with Crippen LogP contribution < -0.4 is 15.4 Å². The quantitative estimate of drug-likeness (QED) is 0.468. The lowest BCUT2D eigenvalue weighted by atomic mass is 10.1. The maximum absolute atomic E-state index is 12.1. The minimum absolute atomic E-state index is 0.000861. The number of benzene rings is 2. The Morgan fingerprint density at radius 1 is 1.10 bits per heavy atom. The number of rotatable bonds is 8. The normalized spacial score (nSPS) is 11.1. The molecule has 2 aromatic carbocycles. The second kappa shape index (κ2) is 10.9. The highest BCUT2D eigenvalue weighted by Crippen LogP contribution is 2.23. The molecule has 7 nitrogen and oxygen atoms in total. The third-order valence-corrected chi connectivity index (χ3v) is 4.49. The minimum Gasteiger partial charge on any atom is -0.508 e. The van der Waals surface area contributed by atoms with E-state index in [0.717, 1.165) is 17.5 Å². The Hall–Kier alpha value is -3.22. The fourth-order valence-electron chi connectivity index (χ4n) is 2.86. The molecule has 0 aliphatic heterocycles. The molecule has 0 saturated heterocycles. The second-order valence-corrected chi connectivity index (χ2v) is 6.82. The van der Waals surface area contributed by atoms with Gasteiger partial charge in [-0.15, -0.1) is 0 Å². The Kier molecular flexibility index (Phi) is 8.33. The average molecular weight is 399 g/mol. The second-order valence-electron chi connectivity index (χ2n) is 6.82. The number of amides is 1. The van der Waals surface area contributed by atoms with Gasteiger partial charge in [-0.05, 0) is 42.2 Å². The molecule has 0 unspecified atom stereocenters. The maximum Gasteiger partial charge on any atom is 0.253 e. The van der Waals surface area contributed by atoms with Crippen LogP contribution in [0.25, 0.3) is 0 Å². The first kappa shape index (κ1) is 22.1. The Morgan fingerprint density at radius 2 is 1.83 bits per heavy atom. The van der Waals surface area contributed by atoms with E-state index in [1.807, 2.05) is 36.4 Å². The van der Waals surface area contributed by atoms with Crippen molar-refractivity contribution in [3.05, 3.63) is 59.2 Å². The summed E-state index contributed by atoms with van der Waals surface area (Å²) in [5.41, 5.74) is 2.62. The molecule has 2 rings (SSSR count). The van der Waals surface area contributed by atoms with Crippen LogP contribution in [0.5, 0.6) is 11.5 Å². The van der Waals surface area contributed by atoms with Crippen molar-refractivity contribution in [3.8, 4) is 11.5 Å². The molecule has 0 aliphatic carbocycles. The number of carbonyl (C=O) groups excluding carboxylic acids is 1. The Balaban J connectivity index is 1.80. The molecule has 0 saturated carbocycles. The third kappa shape index (κ3) is 6.71. The summed E-state index contributed by atoms with van der Waals surface area (Å²) in [5.74, 6) is 1.55. The number of methoxy groups -OCH3 is 1. The minimum atomic E-state index is -0.000861. The van der Waals surface area contributed by atoms with Gasteiger partial charge in [0.05, 0.1) is 7.11 Å². The molecule has 156 valence electrons. The van der Waals surface area contributed by atoms with Gasteiger partial charge in [-0.1, -0.05) is 18.2 Å². The lowest BCUT2D eigenvalue weighted by Gasteiger charge is -2.13. The van der Waals surface area contributed by atoms with Gasteiger partial charge in [0.1, 0.15) is 11.5 Å². The van der Waals surface area contributed by atoms with Crippen LogP contribution in [0, 0.1) is 0 Å². The summed E-state index contributed by atoms with van der Waals surface area (Å²) >= 11 is 0. The van der Waals surface area contributed by atoms with E-state index in [1.54, 1.807) is 39.2 Å². The molecule has 0 heterocycles. The van der Waals surface area contributed by atoms with Crippen LogP contribution >= 0.6 is 0 Å². The highest BCUT2D eigenvalue weighted by molar-refractivity contribution is 5.94. The SMILES string of the molecule is CN=C(NCCc1cccc(C(=O)N(C)C)c1)NCCc1ccc(OC)cc1O. The van der Waals surface area contributed by atoms with Crippen molar-refractivity contribution in [2.24, 2.45) is 4.99 Å². The van der Waals surface area contributed by atoms with Crippen LogP contribution in [0.2, 0.25) is 0 Å². The number of carbonyl (C=O) groups is 1. The predicted molar refractivity (Wildman–Crippen MR) is 116 cm³/mol. The lowest BCUT2D eigenvalue weighted by molar-refractivity contribution is 0.0827. The summed E-state index contributed by atoms with van der Waals surface area (Å²) in [6.07, 6.45) is 1.43. The summed E-state index contributed by atoms with van der Waals surface area (Å²) < 4.78 is 5.10. The Labute approximate surface area is 172 Å². The van der Waals surface area contributed by atoms with Crippen molar-refractivity contribution < 1.29 is 14.6 Å². The molecule has 0 aliphatic rings. The molecule has 0 radical (unpaired) electrons. The molecule has 0 fully saturated rings. The molecule has 1 amide bonds. The Morgan fingerprint density at radius 3 is 2.45 bits per heavy atom. The van der Waals surface area contributed by atoms with Gasteiger partial charge in [-0.25, -0.2) is 0 Å². The average Bonchev–Trinajstić information content (AvgIpc) is 2.73. The van der Waals surface area contributed by atoms with Crippen molar-refractivity contribution in [2.45, 2.75) is 12.8 Å². The van der Waals surface area contributed by atoms with Gasteiger partial charge in [0, 0.05) is 45.9 Å². The van der Waals surface area contributed by atoms with Gasteiger partial charge in [-0.2, -0.15) is 0 Å². The summed E-state index contributed by atoms with van der Waals surface area (Å²) in [7, 11) is 6.79. The van der Waals surface area contributed by atoms with Crippen LogP contribution in [-0.2, 0) is 12.8 Å². The van der Waals surface area contributed by atoms with Crippen LogP contribution in [0.4, 0.5) is 0 Å². The summed E-state index contributed by atoms with van der Waals surface area (Å²) in [6.45, 7) is 1.32. The highest BCUT2D eigenvalue weighted by atomic mass is 16.5. The third-order valence-electron chi connectivity index (χ3n) is 4.49. The number of phenols is 1. The summed E-state index contributed by atoms with van der Waals surface area (Å²) in [6, 6.07) is 13.0. The lowest BCUT2D eigenvalue weighted by Crippen LogP contribution is -2.39. The first-order chi connectivity index (χ1) is 13.9. The van der Waals surface area contributed by atoms with Gasteiger partial charge in [-0.3, -0.25) is 9.79 Å². The highest BCUT2D eigenvalue weighted by Gasteiger charge is 2.08. The van der Waals surface area contributed by atoms with Crippen molar-refractivity contribution in [1.29, 1.82) is 0 Å². The van der Waals surface area contributed by atoms with E-state index in [0.29, 0.717) is 36.8 Å². The van der Waals surface area contributed by atoms with Gasteiger partial charge >= 0.3 is 0 Å². The van der Waals surface area contributed by atoms with Crippen LogP contribution in [0.1, 0.15) is 21.5 Å². The topological polar surface area (TPSA) is 86.2 Å². The van der Waals surface area contributed by atoms with Gasteiger partial charge < -0.3 is 25.4 Å². The zero-order valence-corrected chi connectivity index (χ0v) is 17.5. The molecular weight excluding hydrogens is 368 g/mol. The smallest absolute Gasteiger partial charge is 0.253 e. The number of aliphatic imine (C=N–C) groups is 1. The molecule has 0 atom stereocenters. The number of nitrogens with zero attached hydrogens (tertiary/aromatic N) is 2. The fourth-order valence-corrected chi connectivity index (χ4v) is 2.86.